The maximum atomic E-state index is 14.7. The number of fused-ring (bicyclic) bond motifs is 8. The zero-order chi connectivity index (χ0) is 49.0. The molecular formula is C51H65N9O7S. The van der Waals surface area contributed by atoms with E-state index in [1.807, 2.05) is 64.2 Å². The lowest BCUT2D eigenvalue weighted by Gasteiger charge is -2.42. The average molecular weight is 948 g/mol. The number of esters is 1. The Morgan fingerprint density at radius 2 is 1.87 bits per heavy atom. The van der Waals surface area contributed by atoms with E-state index >= 15 is 0 Å². The number of benzene rings is 1. The van der Waals surface area contributed by atoms with E-state index < -0.39 is 58.9 Å². The Bertz CT molecular complexity index is 2690. The number of nitrogens with one attached hydrogen (secondary N) is 2. The summed E-state index contributed by atoms with van der Waals surface area (Å²) < 4.78 is 14.7. The lowest BCUT2D eigenvalue weighted by atomic mass is 9.67. The van der Waals surface area contributed by atoms with Crippen molar-refractivity contribution in [2.75, 3.05) is 54.5 Å². The van der Waals surface area contributed by atoms with Gasteiger partial charge in [-0.15, -0.1) is 11.3 Å². The van der Waals surface area contributed by atoms with Crippen molar-refractivity contribution in [2.45, 2.75) is 103 Å². The number of pyridine rings is 1. The van der Waals surface area contributed by atoms with Crippen LogP contribution >= 0.6 is 11.3 Å². The monoisotopic (exact) mass is 947 g/mol. The van der Waals surface area contributed by atoms with E-state index in [2.05, 4.69) is 66.2 Å². The van der Waals surface area contributed by atoms with Crippen molar-refractivity contribution in [3.63, 3.8) is 0 Å². The number of aryl methyl sites for hydroxylation is 1. The molecule has 6 bridgehead atoms. The molecule has 0 saturated carbocycles. The summed E-state index contributed by atoms with van der Waals surface area (Å²) in [5.74, 6) is 2.66. The Hall–Kier alpha value is -5.67. The third kappa shape index (κ3) is 9.15. The molecule has 6 heterocycles. The van der Waals surface area contributed by atoms with Crippen molar-refractivity contribution in [1.82, 2.24) is 45.0 Å². The number of hydrogen-bond acceptors (Lipinski definition) is 12. The van der Waals surface area contributed by atoms with Gasteiger partial charge in [-0.3, -0.25) is 38.9 Å². The van der Waals surface area contributed by atoms with Crippen molar-refractivity contribution < 1.29 is 33.4 Å². The van der Waals surface area contributed by atoms with Crippen molar-refractivity contribution in [3.8, 4) is 34.4 Å². The summed E-state index contributed by atoms with van der Waals surface area (Å²) in [5, 5.41) is 8.06. The Kier molecular flexibility index (Phi) is 13.6. The molecule has 4 amide bonds. The molecule has 3 aromatic heterocycles. The first-order valence-electron chi connectivity index (χ1n) is 23.6. The minimum Gasteiger partial charge on any atom is -0.464 e. The lowest BCUT2D eigenvalue weighted by Crippen LogP contribution is -2.62. The Labute approximate surface area is 403 Å². The van der Waals surface area contributed by atoms with E-state index in [9.17, 15) is 24.0 Å². The molecule has 2 unspecified atom stereocenters. The molecule has 1 aliphatic carbocycles. The van der Waals surface area contributed by atoms with Gasteiger partial charge in [-0.25, -0.2) is 10.4 Å². The number of nitrogens with zero attached hydrogens (tertiary/aromatic N) is 7. The molecule has 16 nitrogen and oxygen atoms in total. The van der Waals surface area contributed by atoms with Gasteiger partial charge in [-0.05, 0) is 88.9 Å². The molecule has 68 heavy (non-hydrogen) atoms. The number of aromatic nitrogens is 3. The molecule has 1 aromatic carbocycles. The van der Waals surface area contributed by atoms with Crippen LogP contribution in [0.1, 0.15) is 89.1 Å². The number of likely N-dealkylation sites (tertiary alicyclic amines) is 1. The molecule has 0 spiro atoms. The highest BCUT2D eigenvalue weighted by Gasteiger charge is 2.48. The van der Waals surface area contributed by atoms with E-state index in [-0.39, 0.29) is 43.2 Å². The predicted molar refractivity (Wildman–Crippen MR) is 260 cm³/mol. The standard InChI is InChI=1S/C51H65N9O7S/c1-29(2)43(58(10)47(63)31-19-23-59(26-31)39(61)18-20-51(5,6)56(7)8)46(62)54-35-25-38-53-36(27-68-38)30-16-17-37-33(24-30)40-41(45(66-11)42-32(14-12-21-52-42)44(40)57(37)9)50(3,4)28-67-49(65)34-15-13-22-60(55-34)48(35)64/h12,14,16-17,21,24,27,29,31,34-35,41,43,45,55H,13,15,19,22-23,25-26,28H2,1-11H3,(H,54,62)/t31-,34-,35?,41?,43-,45-/m0/s1. The van der Waals surface area contributed by atoms with Crippen molar-refractivity contribution in [1.29, 1.82) is 0 Å². The van der Waals surface area contributed by atoms with E-state index in [4.69, 9.17) is 19.4 Å². The first-order chi connectivity index (χ1) is 32.2. The second-order valence-corrected chi connectivity index (χ2v) is 21.4. The number of ether oxygens (including phenoxy) is 2. The molecule has 362 valence electrons. The normalized spacial score (nSPS) is 23.1. The maximum absolute atomic E-state index is 14.7. The molecule has 0 radical (unpaired) electrons. The van der Waals surface area contributed by atoms with Crippen molar-refractivity contribution in [2.24, 2.45) is 24.3 Å². The van der Waals surface area contributed by atoms with Crippen LogP contribution in [0.4, 0.5) is 0 Å². The fraction of sp³-hybridized carbons (Fsp3) is 0.549. The van der Waals surface area contributed by atoms with Gasteiger partial charge in [-0.1, -0.05) is 39.7 Å². The fourth-order valence-electron chi connectivity index (χ4n) is 10.3. The molecule has 2 saturated heterocycles. The summed E-state index contributed by atoms with van der Waals surface area (Å²) in [4.78, 5) is 85.5. The van der Waals surface area contributed by atoms with E-state index in [0.29, 0.717) is 37.4 Å². The van der Waals surface area contributed by atoms with Crippen LogP contribution in [0.15, 0.2) is 41.9 Å². The average Bonchev–Trinajstić information content (AvgIpc) is 4.07. The summed E-state index contributed by atoms with van der Waals surface area (Å²) in [6.07, 6.45) is 2.82. The van der Waals surface area contributed by atoms with Crippen LogP contribution in [0.3, 0.4) is 0 Å². The number of carbonyl (C=O) groups excluding carboxylic acids is 5. The summed E-state index contributed by atoms with van der Waals surface area (Å²) in [6, 6.07) is 7.47. The van der Waals surface area contributed by atoms with Gasteiger partial charge in [-0.2, -0.15) is 0 Å². The maximum Gasteiger partial charge on any atom is 0.324 e. The van der Waals surface area contributed by atoms with Gasteiger partial charge in [0.05, 0.1) is 40.2 Å². The Morgan fingerprint density at radius 1 is 1.10 bits per heavy atom. The highest BCUT2D eigenvalue weighted by atomic mass is 32.1. The largest absolute Gasteiger partial charge is 0.464 e. The quantitative estimate of drug-likeness (QED) is 0.190. The third-order valence-electron chi connectivity index (χ3n) is 14.6. The molecule has 17 heteroatoms. The van der Waals surface area contributed by atoms with Crippen LogP contribution in [-0.4, -0.2) is 142 Å². The zero-order valence-electron chi connectivity index (χ0n) is 41.1. The van der Waals surface area contributed by atoms with Crippen LogP contribution in [0.2, 0.25) is 0 Å². The summed E-state index contributed by atoms with van der Waals surface area (Å²) in [6.45, 7) is 12.7. The zero-order valence-corrected chi connectivity index (χ0v) is 42.0. The van der Waals surface area contributed by atoms with Crippen LogP contribution < -0.4 is 10.7 Å². The van der Waals surface area contributed by atoms with Gasteiger partial charge in [0.1, 0.15) is 24.2 Å². The van der Waals surface area contributed by atoms with Crippen molar-refractivity contribution in [3.05, 3.63) is 58.2 Å². The number of likely N-dealkylation sites (N-methyl/N-ethyl adjacent to an activating group) is 1. The molecule has 8 rings (SSSR count). The van der Waals surface area contributed by atoms with Crippen LogP contribution in [-0.2, 0) is 46.9 Å². The second kappa shape index (κ2) is 19.0. The van der Waals surface area contributed by atoms with Gasteiger partial charge in [0.25, 0.3) is 11.8 Å². The molecule has 3 aliphatic heterocycles. The SMILES string of the molecule is CO[C@@H]1c2ncccc2-c2c3c4cc(ccc4n2C)-c2csc(n2)CC(NC(=O)[C@H](C(C)C)N(C)C(=O)[C@H]2CCN(C(=O)C#CC(C)(C)N(C)C)C2)C(=O)N2CCC[C@H](N2)C(=O)OCC(C)(C)C31. The molecule has 6 atom stereocenters. The predicted octanol–water partition coefficient (Wildman–Crippen LogP) is 4.93. The first-order valence-corrected chi connectivity index (χ1v) is 24.5. The number of thiazole rings is 1. The van der Waals surface area contributed by atoms with Crippen molar-refractivity contribution >= 4 is 51.8 Å². The molecule has 4 aromatic rings. The topological polar surface area (TPSA) is 172 Å². The molecule has 2 N–H and O–H groups in total. The van der Waals surface area contributed by atoms with Gasteiger partial charge in [0, 0.05) is 92.2 Å². The first kappa shape index (κ1) is 48.8. The highest BCUT2D eigenvalue weighted by molar-refractivity contribution is 7.10. The van der Waals surface area contributed by atoms with Gasteiger partial charge < -0.3 is 29.2 Å². The minimum atomic E-state index is -1.10. The number of cyclic esters (lactones) is 1. The fourth-order valence-corrected chi connectivity index (χ4v) is 11.1. The number of amides is 4. The number of hydrogen-bond donors (Lipinski definition) is 2. The molecule has 2 fully saturated rings. The summed E-state index contributed by atoms with van der Waals surface area (Å²) in [5.41, 5.74) is 8.55. The number of rotatable bonds is 7. The van der Waals surface area contributed by atoms with E-state index in [1.54, 1.807) is 25.3 Å². The van der Waals surface area contributed by atoms with Crippen LogP contribution in [0, 0.1) is 29.1 Å². The molecular weight excluding hydrogens is 883 g/mol. The number of hydrazine groups is 1. The summed E-state index contributed by atoms with van der Waals surface area (Å²) in [7, 11) is 9.16. The van der Waals surface area contributed by atoms with E-state index in [0.717, 1.165) is 44.7 Å². The smallest absolute Gasteiger partial charge is 0.324 e. The lowest BCUT2D eigenvalue weighted by molar-refractivity contribution is -0.156. The van der Waals surface area contributed by atoms with Crippen LogP contribution in [0.5, 0.6) is 0 Å². The van der Waals surface area contributed by atoms with E-state index in [1.165, 1.54) is 21.2 Å². The highest BCUT2D eigenvalue weighted by Crippen LogP contribution is 2.56. The van der Waals surface area contributed by atoms with Crippen LogP contribution in [0.25, 0.3) is 33.4 Å². The van der Waals surface area contributed by atoms with Gasteiger partial charge in [0.15, 0.2) is 0 Å². The summed E-state index contributed by atoms with van der Waals surface area (Å²) >= 11 is 1.40. The second-order valence-electron chi connectivity index (χ2n) is 20.5. The van der Waals surface area contributed by atoms with Gasteiger partial charge in [0.2, 0.25) is 11.8 Å². The third-order valence-corrected chi connectivity index (χ3v) is 15.4. The Balaban J connectivity index is 1.11. The van der Waals surface area contributed by atoms with Gasteiger partial charge >= 0.3 is 5.97 Å². The number of carbonyl (C=O) groups is 5. The molecule has 4 aliphatic rings. The Morgan fingerprint density at radius 3 is 2.59 bits per heavy atom. The minimum absolute atomic E-state index is 0.0644. The number of methoxy groups -OCH3 is 1.